The average Bonchev–Trinajstić information content (AvgIpc) is 2.34. The summed E-state index contributed by atoms with van der Waals surface area (Å²) in [5.74, 6) is -0.259. The third kappa shape index (κ3) is 5.11. The first kappa shape index (κ1) is 18.9. The fourth-order valence-electron chi connectivity index (χ4n) is 1.52. The molecule has 0 aromatic heterocycles. The van der Waals surface area contributed by atoms with E-state index in [0.717, 1.165) is 11.8 Å². The van der Waals surface area contributed by atoms with Crippen LogP contribution in [0.3, 0.4) is 0 Å². The Morgan fingerprint density at radius 2 is 1.95 bits per heavy atom. The van der Waals surface area contributed by atoms with Gasteiger partial charge in [0.25, 0.3) is 5.91 Å². The number of aryl methyl sites for hydroxylation is 1. The molecule has 0 saturated heterocycles. The van der Waals surface area contributed by atoms with Crippen LogP contribution in [0.1, 0.15) is 22.8 Å². The third-order valence-corrected chi connectivity index (χ3v) is 4.05. The van der Waals surface area contributed by atoms with E-state index in [1.54, 1.807) is 13.0 Å². The van der Waals surface area contributed by atoms with Crippen molar-refractivity contribution in [3.05, 3.63) is 29.3 Å². The maximum atomic E-state index is 12.0. The molecule has 0 spiro atoms. The van der Waals surface area contributed by atoms with E-state index in [0.29, 0.717) is 12.1 Å². The minimum atomic E-state index is -3.30. The van der Waals surface area contributed by atoms with Gasteiger partial charge in [-0.05, 0) is 38.6 Å². The molecule has 5 nitrogen and oxygen atoms in total. The number of hydrogen-bond acceptors (Lipinski definition) is 4. The van der Waals surface area contributed by atoms with Gasteiger partial charge < -0.3 is 10.6 Å². The Balaban J connectivity index is 0.00000361. The monoisotopic (exact) mass is 320 g/mol. The summed E-state index contributed by atoms with van der Waals surface area (Å²) in [5, 5.41) is 5.78. The van der Waals surface area contributed by atoms with Crippen molar-refractivity contribution in [3.8, 4) is 0 Å². The summed E-state index contributed by atoms with van der Waals surface area (Å²) in [5.41, 5.74) is 1.15. The minimum Gasteiger partial charge on any atom is -0.350 e. The summed E-state index contributed by atoms with van der Waals surface area (Å²) >= 11 is 0. The lowest BCUT2D eigenvalue weighted by atomic mass is 10.1. The second-order valence-electron chi connectivity index (χ2n) is 4.65. The molecule has 0 fully saturated rings. The van der Waals surface area contributed by atoms with Crippen LogP contribution >= 0.6 is 12.4 Å². The number of rotatable bonds is 5. The Bertz CT molecular complexity index is 573. The highest BCUT2D eigenvalue weighted by atomic mass is 35.5. The van der Waals surface area contributed by atoms with E-state index in [1.165, 1.54) is 12.1 Å². The molecule has 0 aliphatic carbocycles. The largest absolute Gasteiger partial charge is 0.350 e. The molecule has 1 aromatic carbocycles. The molecule has 7 heteroatoms. The Hall–Kier alpha value is -1.11. The predicted octanol–water partition coefficient (Wildman–Crippen LogP) is 1.16. The van der Waals surface area contributed by atoms with Crippen molar-refractivity contribution in [3.63, 3.8) is 0 Å². The van der Waals surface area contributed by atoms with Crippen LogP contribution in [-0.4, -0.2) is 40.2 Å². The van der Waals surface area contributed by atoms with E-state index < -0.39 is 9.84 Å². The molecule has 2 N–H and O–H groups in total. The number of halogens is 1. The van der Waals surface area contributed by atoms with Gasteiger partial charge in [-0.1, -0.05) is 6.07 Å². The molecule has 0 radical (unpaired) electrons. The molecule has 20 heavy (non-hydrogen) atoms. The highest BCUT2D eigenvalue weighted by Crippen LogP contribution is 2.15. The average molecular weight is 321 g/mol. The van der Waals surface area contributed by atoms with E-state index in [9.17, 15) is 13.2 Å². The van der Waals surface area contributed by atoms with Gasteiger partial charge in [0.05, 0.1) is 4.90 Å². The van der Waals surface area contributed by atoms with Crippen molar-refractivity contribution >= 4 is 28.2 Å². The number of likely N-dealkylation sites (N-methyl/N-ethyl adjacent to an activating group) is 1. The van der Waals surface area contributed by atoms with E-state index in [2.05, 4.69) is 10.6 Å². The molecule has 0 saturated carbocycles. The van der Waals surface area contributed by atoms with Crippen molar-refractivity contribution < 1.29 is 13.2 Å². The van der Waals surface area contributed by atoms with Gasteiger partial charge in [-0.25, -0.2) is 8.42 Å². The van der Waals surface area contributed by atoms with Crippen LogP contribution in [0, 0.1) is 6.92 Å². The Labute approximate surface area is 126 Å². The fourth-order valence-corrected chi connectivity index (χ4v) is 2.17. The van der Waals surface area contributed by atoms with Gasteiger partial charge in [0.1, 0.15) is 0 Å². The fraction of sp³-hybridized carbons (Fsp3) is 0.462. The van der Waals surface area contributed by atoms with Crippen molar-refractivity contribution in [1.82, 2.24) is 10.6 Å². The molecule has 1 unspecified atom stereocenters. The molecular formula is C13H21ClN2O3S. The highest BCUT2D eigenvalue weighted by molar-refractivity contribution is 7.90. The molecular weight excluding hydrogens is 300 g/mol. The zero-order chi connectivity index (χ0) is 14.6. The zero-order valence-corrected chi connectivity index (χ0v) is 13.7. The van der Waals surface area contributed by atoms with Gasteiger partial charge in [0.15, 0.2) is 9.84 Å². The number of carbonyl (C=O) groups excluding carboxylic acids is 1. The van der Waals surface area contributed by atoms with Crippen LogP contribution < -0.4 is 10.6 Å². The SMILES string of the molecule is CNC(C)CNC(=O)c1cc(S(C)(=O)=O)ccc1C.Cl. The molecule has 0 heterocycles. The van der Waals surface area contributed by atoms with E-state index >= 15 is 0 Å². The zero-order valence-electron chi connectivity index (χ0n) is 12.1. The number of carbonyl (C=O) groups is 1. The molecule has 1 aromatic rings. The van der Waals surface area contributed by atoms with Crippen LogP contribution in [0.2, 0.25) is 0 Å². The van der Waals surface area contributed by atoms with E-state index in [4.69, 9.17) is 0 Å². The minimum absolute atomic E-state index is 0. The molecule has 1 rings (SSSR count). The number of benzene rings is 1. The third-order valence-electron chi connectivity index (χ3n) is 2.94. The Kier molecular flexibility index (Phi) is 7.19. The lowest BCUT2D eigenvalue weighted by molar-refractivity contribution is 0.0949. The van der Waals surface area contributed by atoms with Crippen molar-refractivity contribution in [2.24, 2.45) is 0 Å². The number of sulfone groups is 1. The Morgan fingerprint density at radius 3 is 2.45 bits per heavy atom. The first-order chi connectivity index (χ1) is 8.75. The summed E-state index contributed by atoms with van der Waals surface area (Å²) < 4.78 is 23.0. The van der Waals surface area contributed by atoms with Gasteiger partial charge in [0.2, 0.25) is 0 Å². The summed E-state index contributed by atoms with van der Waals surface area (Å²) in [6.07, 6.45) is 1.13. The van der Waals surface area contributed by atoms with Crippen LogP contribution in [0.15, 0.2) is 23.1 Å². The molecule has 1 atom stereocenters. The first-order valence-corrected chi connectivity index (χ1v) is 7.91. The lowest BCUT2D eigenvalue weighted by Crippen LogP contribution is -2.37. The van der Waals surface area contributed by atoms with Crippen LogP contribution in [0.4, 0.5) is 0 Å². The molecule has 0 aliphatic rings. The second kappa shape index (κ2) is 7.61. The topological polar surface area (TPSA) is 75.3 Å². The normalized spacial score (nSPS) is 12.4. The quantitative estimate of drug-likeness (QED) is 0.853. The number of hydrogen-bond donors (Lipinski definition) is 2. The highest BCUT2D eigenvalue weighted by Gasteiger charge is 2.14. The summed E-state index contributed by atoms with van der Waals surface area (Å²) in [7, 11) is -1.49. The standard InChI is InChI=1S/C13H20N2O3S.ClH/c1-9-5-6-11(19(4,17)18)7-12(9)13(16)15-8-10(2)14-3;/h5-7,10,14H,8H2,1-4H3,(H,15,16);1H. The summed E-state index contributed by atoms with van der Waals surface area (Å²) in [4.78, 5) is 12.2. The first-order valence-electron chi connectivity index (χ1n) is 6.02. The van der Waals surface area contributed by atoms with Crippen molar-refractivity contribution in [1.29, 1.82) is 0 Å². The molecule has 114 valence electrons. The van der Waals surface area contributed by atoms with Crippen molar-refractivity contribution in [2.75, 3.05) is 19.8 Å². The van der Waals surface area contributed by atoms with Gasteiger partial charge in [0, 0.05) is 24.4 Å². The summed E-state index contributed by atoms with van der Waals surface area (Å²) in [6.45, 7) is 4.21. The molecule has 0 aliphatic heterocycles. The number of amides is 1. The number of nitrogens with one attached hydrogen (secondary N) is 2. The molecule has 1 amide bonds. The van der Waals surface area contributed by atoms with Gasteiger partial charge in [-0.15, -0.1) is 12.4 Å². The lowest BCUT2D eigenvalue weighted by Gasteiger charge is -2.13. The second-order valence-corrected chi connectivity index (χ2v) is 6.66. The smallest absolute Gasteiger partial charge is 0.251 e. The Morgan fingerprint density at radius 1 is 1.35 bits per heavy atom. The van der Waals surface area contributed by atoms with Crippen LogP contribution in [0.25, 0.3) is 0 Å². The summed E-state index contributed by atoms with van der Waals surface area (Å²) in [6, 6.07) is 4.73. The van der Waals surface area contributed by atoms with Crippen LogP contribution in [-0.2, 0) is 9.84 Å². The van der Waals surface area contributed by atoms with Crippen LogP contribution in [0.5, 0.6) is 0 Å². The predicted molar refractivity (Wildman–Crippen MR) is 82.4 cm³/mol. The maximum absolute atomic E-state index is 12.0. The van der Waals surface area contributed by atoms with Gasteiger partial charge in [-0.2, -0.15) is 0 Å². The maximum Gasteiger partial charge on any atom is 0.251 e. The molecule has 0 bridgehead atoms. The van der Waals surface area contributed by atoms with Gasteiger partial charge in [-0.3, -0.25) is 4.79 Å². The van der Waals surface area contributed by atoms with Crippen molar-refractivity contribution in [2.45, 2.75) is 24.8 Å². The van der Waals surface area contributed by atoms with E-state index in [-0.39, 0.29) is 29.3 Å². The van der Waals surface area contributed by atoms with Gasteiger partial charge >= 0.3 is 0 Å². The van der Waals surface area contributed by atoms with E-state index in [1.807, 2.05) is 14.0 Å².